The Morgan fingerprint density at radius 3 is 2.83 bits per heavy atom. The van der Waals surface area contributed by atoms with E-state index in [1.54, 1.807) is 0 Å². The molecule has 12 heavy (non-hydrogen) atoms. The zero-order valence-electron chi connectivity index (χ0n) is 6.79. The molecule has 0 saturated carbocycles. The zero-order chi connectivity index (χ0) is 8.55. The van der Waals surface area contributed by atoms with Crippen LogP contribution in [0.4, 0.5) is 0 Å². The molecule has 1 aromatic carbocycles. The van der Waals surface area contributed by atoms with Gasteiger partial charge < -0.3 is 0 Å². The first kappa shape index (κ1) is 7.62. The van der Waals surface area contributed by atoms with Crippen molar-refractivity contribution in [1.82, 2.24) is 5.10 Å². The second-order valence-corrected chi connectivity index (χ2v) is 3.44. The van der Waals surface area contributed by atoms with Crippen molar-refractivity contribution in [3.8, 4) is 0 Å². The van der Waals surface area contributed by atoms with Gasteiger partial charge >= 0.3 is 0 Å². The highest BCUT2D eigenvalue weighted by molar-refractivity contribution is 6.17. The lowest BCUT2D eigenvalue weighted by atomic mass is 10.3. The monoisotopic (exact) mass is 181 g/mol. The molecule has 1 aromatic heterocycles. The summed E-state index contributed by atoms with van der Waals surface area (Å²) in [7, 11) is 0. The van der Waals surface area contributed by atoms with Crippen molar-refractivity contribution in [2.75, 3.05) is 0 Å². The summed E-state index contributed by atoms with van der Waals surface area (Å²) in [5.41, 5.74) is 1.09. The van der Waals surface area contributed by atoms with E-state index in [-0.39, 0.29) is 5.50 Å². The maximum absolute atomic E-state index is 5.91. The van der Waals surface area contributed by atoms with Crippen LogP contribution in [0.15, 0.2) is 30.5 Å². The van der Waals surface area contributed by atoms with Gasteiger partial charge in [-0.2, -0.15) is 5.10 Å². The number of rotatable bonds is 1. The van der Waals surface area contributed by atoms with Crippen molar-refractivity contribution in [2.24, 2.45) is 0 Å². The Labute approximate surface area is 75.8 Å². The topological polar surface area (TPSA) is 19.7 Å². The molecule has 1 atom stereocenters. The van der Waals surface area contributed by atoms with Gasteiger partial charge in [0.05, 0.1) is 5.39 Å². The van der Waals surface area contributed by atoms with Gasteiger partial charge in [0.15, 0.2) is 0 Å². The van der Waals surface area contributed by atoms with E-state index in [4.69, 9.17) is 11.6 Å². The summed E-state index contributed by atoms with van der Waals surface area (Å²) in [6.07, 6.45) is 2.01. The fourth-order valence-corrected chi connectivity index (χ4v) is 1.33. The number of hydrogen-bond acceptors (Lipinski definition) is 0. The molecule has 0 bridgehead atoms. The van der Waals surface area contributed by atoms with E-state index in [9.17, 15) is 0 Å². The molecule has 0 aliphatic carbocycles. The van der Waals surface area contributed by atoms with Crippen LogP contribution in [0.25, 0.3) is 10.9 Å². The lowest BCUT2D eigenvalue weighted by Gasteiger charge is -1.88. The molecule has 2 nitrogen and oxygen atoms in total. The summed E-state index contributed by atoms with van der Waals surface area (Å²) >= 11 is 5.91. The van der Waals surface area contributed by atoms with Crippen LogP contribution in [0.5, 0.6) is 0 Å². The smallest absolute Gasteiger partial charge is 0.164 e. The molecular weight excluding hydrogens is 172 g/mol. The predicted molar refractivity (Wildman–Crippen MR) is 49.1 cm³/mol. The van der Waals surface area contributed by atoms with Crippen LogP contribution in [0.3, 0.4) is 0 Å². The number of aromatic nitrogens is 2. The van der Waals surface area contributed by atoms with E-state index >= 15 is 0 Å². The first-order valence-corrected chi connectivity index (χ1v) is 4.34. The van der Waals surface area contributed by atoms with Crippen molar-refractivity contribution in [2.45, 2.75) is 12.4 Å². The number of aromatic amines is 1. The van der Waals surface area contributed by atoms with E-state index in [1.165, 1.54) is 5.39 Å². The first-order chi connectivity index (χ1) is 5.77. The summed E-state index contributed by atoms with van der Waals surface area (Å²) in [6.45, 7) is 1.93. The minimum absolute atomic E-state index is 0.0302. The average molecular weight is 182 g/mol. The number of alkyl halides is 1. The molecular formula is C9H10ClN2+. The van der Waals surface area contributed by atoms with Crippen LogP contribution < -0.4 is 4.68 Å². The van der Waals surface area contributed by atoms with Crippen LogP contribution in [0.2, 0.25) is 0 Å². The van der Waals surface area contributed by atoms with Gasteiger partial charge in [-0.3, -0.25) is 0 Å². The van der Waals surface area contributed by atoms with E-state index < -0.39 is 0 Å². The highest BCUT2D eigenvalue weighted by Gasteiger charge is 2.11. The van der Waals surface area contributed by atoms with E-state index in [2.05, 4.69) is 11.2 Å². The Balaban J connectivity index is 2.62. The molecule has 0 amide bonds. The summed E-state index contributed by atoms with van der Waals surface area (Å²) < 4.78 is 1.88. The molecule has 2 rings (SSSR count). The van der Waals surface area contributed by atoms with Gasteiger partial charge in [-0.15, -0.1) is 0 Å². The average Bonchev–Trinajstić information content (AvgIpc) is 2.46. The quantitative estimate of drug-likeness (QED) is 0.514. The number of H-pyrrole nitrogens is 1. The van der Waals surface area contributed by atoms with Gasteiger partial charge in [-0.25, -0.2) is 0 Å². The van der Waals surface area contributed by atoms with Crippen molar-refractivity contribution < 1.29 is 4.68 Å². The highest BCUT2D eigenvalue weighted by Crippen LogP contribution is 2.09. The Bertz CT molecular complexity index is 359. The number of halogens is 1. The fourth-order valence-electron chi connectivity index (χ4n) is 1.22. The zero-order valence-corrected chi connectivity index (χ0v) is 7.55. The molecule has 0 fully saturated rings. The lowest BCUT2D eigenvalue weighted by Crippen LogP contribution is -2.35. The summed E-state index contributed by atoms with van der Waals surface area (Å²) in [4.78, 5) is 0. The van der Waals surface area contributed by atoms with Crippen LogP contribution in [0.1, 0.15) is 12.4 Å². The third-order valence-electron chi connectivity index (χ3n) is 1.87. The van der Waals surface area contributed by atoms with E-state index in [1.807, 2.05) is 36.0 Å². The standard InChI is InChI=1S/C9H9ClN2/c1-7(10)12-6-8-4-2-3-5-9(8)11-12/h2-7H,1H3/p+1/t7-/m1/s1. The maximum Gasteiger partial charge on any atom is 0.252 e. The number of nitrogens with one attached hydrogen (secondary N) is 1. The van der Waals surface area contributed by atoms with Crippen molar-refractivity contribution in [3.63, 3.8) is 0 Å². The minimum Gasteiger partial charge on any atom is -0.164 e. The molecule has 0 aliphatic heterocycles. The van der Waals surface area contributed by atoms with Crippen LogP contribution >= 0.6 is 11.6 Å². The van der Waals surface area contributed by atoms with Crippen molar-refractivity contribution in [1.29, 1.82) is 0 Å². The number of fused-ring (bicyclic) bond motifs is 1. The molecule has 1 heterocycles. The van der Waals surface area contributed by atoms with Crippen LogP contribution in [-0.2, 0) is 0 Å². The van der Waals surface area contributed by atoms with Gasteiger partial charge in [-0.1, -0.05) is 16.8 Å². The van der Waals surface area contributed by atoms with Crippen LogP contribution in [-0.4, -0.2) is 5.10 Å². The SMILES string of the molecule is C[C@H](Cl)[n+]1cc2ccccc2[nH]1. The lowest BCUT2D eigenvalue weighted by molar-refractivity contribution is -0.750. The predicted octanol–water partition coefficient (Wildman–Crippen LogP) is 2.21. The summed E-state index contributed by atoms with van der Waals surface area (Å²) in [5.74, 6) is 0. The van der Waals surface area contributed by atoms with Gasteiger partial charge in [-0.05, 0) is 23.7 Å². The molecule has 3 heteroatoms. The minimum atomic E-state index is -0.0302. The number of para-hydroxylation sites is 1. The maximum atomic E-state index is 5.91. The van der Waals surface area contributed by atoms with E-state index in [0.717, 1.165) is 5.52 Å². The summed E-state index contributed by atoms with van der Waals surface area (Å²) in [5, 5.41) is 4.36. The Kier molecular flexibility index (Phi) is 1.77. The number of benzene rings is 1. The fraction of sp³-hybridized carbons (Fsp3) is 0.222. The summed E-state index contributed by atoms with van der Waals surface area (Å²) in [6, 6.07) is 8.11. The normalized spacial score (nSPS) is 13.5. The molecule has 0 aliphatic rings. The van der Waals surface area contributed by atoms with Gasteiger partial charge in [0.25, 0.3) is 5.50 Å². The first-order valence-electron chi connectivity index (χ1n) is 3.90. The Morgan fingerprint density at radius 2 is 2.17 bits per heavy atom. The van der Waals surface area contributed by atoms with Gasteiger partial charge in [0.1, 0.15) is 5.52 Å². The molecule has 1 N–H and O–H groups in total. The molecule has 62 valence electrons. The third kappa shape index (κ3) is 1.18. The Morgan fingerprint density at radius 1 is 1.42 bits per heavy atom. The van der Waals surface area contributed by atoms with Crippen molar-refractivity contribution in [3.05, 3.63) is 30.5 Å². The van der Waals surface area contributed by atoms with Crippen LogP contribution in [0, 0.1) is 0 Å². The molecule has 0 unspecified atom stereocenters. The number of hydrogen-bond donors (Lipinski definition) is 1. The third-order valence-corrected chi connectivity index (χ3v) is 2.08. The molecule has 0 radical (unpaired) electrons. The highest BCUT2D eigenvalue weighted by atomic mass is 35.5. The second kappa shape index (κ2) is 2.79. The Hall–Kier alpha value is -1.02. The molecule has 2 aromatic rings. The van der Waals surface area contributed by atoms with Crippen molar-refractivity contribution >= 4 is 22.5 Å². The molecule has 0 spiro atoms. The van der Waals surface area contributed by atoms with Gasteiger partial charge in [0.2, 0.25) is 6.20 Å². The molecule has 0 saturated heterocycles. The second-order valence-electron chi connectivity index (χ2n) is 2.81. The number of nitrogens with zero attached hydrogens (tertiary/aromatic N) is 1. The van der Waals surface area contributed by atoms with Gasteiger partial charge in [0, 0.05) is 6.92 Å². The van der Waals surface area contributed by atoms with E-state index in [0.29, 0.717) is 0 Å². The largest absolute Gasteiger partial charge is 0.252 e.